The number of amides is 1. The Morgan fingerprint density at radius 3 is 2.85 bits per heavy atom. The van der Waals surface area contributed by atoms with Crippen molar-refractivity contribution in [3.05, 3.63) is 29.8 Å². The topological polar surface area (TPSA) is 54.0 Å². The Labute approximate surface area is 130 Å². The number of rotatable bonds is 3. The van der Waals surface area contributed by atoms with Crippen molar-refractivity contribution in [1.29, 1.82) is 0 Å². The zero-order valence-corrected chi connectivity index (χ0v) is 13.0. The molecule has 1 atom stereocenters. The van der Waals surface area contributed by atoms with Crippen LogP contribution >= 0.6 is 24.8 Å². The number of carbonyl (C=O) groups excluding carboxylic acids is 1. The molecule has 1 aromatic rings. The lowest BCUT2D eigenvalue weighted by Crippen LogP contribution is -2.45. The quantitative estimate of drug-likeness (QED) is 0.896. The normalized spacial score (nSPS) is 21.3. The van der Waals surface area contributed by atoms with Crippen molar-refractivity contribution in [2.75, 3.05) is 19.6 Å². The van der Waals surface area contributed by atoms with Crippen LogP contribution in [0.1, 0.15) is 30.1 Å². The van der Waals surface area contributed by atoms with E-state index in [0.717, 1.165) is 32.1 Å². The van der Waals surface area contributed by atoms with Gasteiger partial charge < -0.3 is 10.6 Å². The lowest BCUT2D eigenvalue weighted by molar-refractivity contribution is 0.0924. The van der Waals surface area contributed by atoms with E-state index in [0.29, 0.717) is 6.54 Å². The molecule has 0 aromatic carbocycles. The van der Waals surface area contributed by atoms with Crippen LogP contribution in [0.5, 0.6) is 0 Å². The minimum Gasteiger partial charge on any atom is -0.351 e. The van der Waals surface area contributed by atoms with E-state index >= 15 is 0 Å². The van der Waals surface area contributed by atoms with E-state index in [1.165, 1.54) is 12.3 Å². The molecule has 2 N–H and O–H groups in total. The van der Waals surface area contributed by atoms with Crippen molar-refractivity contribution in [1.82, 2.24) is 15.6 Å². The molecular weight excluding hydrogens is 304 g/mol. The Kier molecular flexibility index (Phi) is 8.01. The molecule has 0 spiro atoms. The maximum atomic E-state index is 12.9. The van der Waals surface area contributed by atoms with Crippen LogP contribution in [-0.4, -0.2) is 30.5 Å². The molecule has 0 aliphatic carbocycles. The van der Waals surface area contributed by atoms with E-state index in [9.17, 15) is 9.18 Å². The molecule has 4 nitrogen and oxygen atoms in total. The predicted molar refractivity (Wildman–Crippen MR) is 81.2 cm³/mol. The smallest absolute Gasteiger partial charge is 0.252 e. The fourth-order valence-corrected chi connectivity index (χ4v) is 2.20. The molecule has 7 heteroatoms. The molecule has 20 heavy (non-hydrogen) atoms. The Morgan fingerprint density at radius 2 is 2.25 bits per heavy atom. The molecule has 0 radical (unpaired) electrons. The molecule has 1 unspecified atom stereocenters. The molecular formula is C13H20Cl2FN3O. The second kappa shape index (κ2) is 8.39. The third-order valence-corrected chi connectivity index (χ3v) is 3.33. The van der Waals surface area contributed by atoms with Crippen LogP contribution in [0, 0.1) is 11.2 Å². The first-order valence-electron chi connectivity index (χ1n) is 6.19. The summed E-state index contributed by atoms with van der Waals surface area (Å²) >= 11 is 0. The number of nitrogens with zero attached hydrogens (tertiary/aromatic N) is 1. The highest BCUT2D eigenvalue weighted by molar-refractivity contribution is 5.93. The van der Waals surface area contributed by atoms with Crippen molar-refractivity contribution in [2.24, 2.45) is 5.41 Å². The summed E-state index contributed by atoms with van der Waals surface area (Å²) < 4.78 is 12.9. The van der Waals surface area contributed by atoms with Crippen molar-refractivity contribution in [3.63, 3.8) is 0 Å². The molecule has 1 aromatic heterocycles. The van der Waals surface area contributed by atoms with Crippen LogP contribution in [-0.2, 0) is 0 Å². The molecule has 1 saturated heterocycles. The van der Waals surface area contributed by atoms with Gasteiger partial charge in [-0.3, -0.25) is 9.78 Å². The Bertz CT molecular complexity index is 439. The highest BCUT2D eigenvalue weighted by Gasteiger charge is 2.27. The highest BCUT2D eigenvalue weighted by atomic mass is 35.5. The molecule has 0 bridgehead atoms. The lowest BCUT2D eigenvalue weighted by Gasteiger charge is -2.34. The predicted octanol–water partition coefficient (Wildman–Crippen LogP) is 2.18. The molecule has 1 amide bonds. The monoisotopic (exact) mass is 323 g/mol. The second-order valence-electron chi connectivity index (χ2n) is 5.17. The summed E-state index contributed by atoms with van der Waals surface area (Å²) in [6, 6.07) is 1.20. The molecule has 114 valence electrons. The Balaban J connectivity index is 0.00000180. The van der Waals surface area contributed by atoms with Crippen molar-refractivity contribution < 1.29 is 9.18 Å². The van der Waals surface area contributed by atoms with Gasteiger partial charge in [0.25, 0.3) is 5.91 Å². The number of hydrogen-bond donors (Lipinski definition) is 2. The maximum absolute atomic E-state index is 12.9. The lowest BCUT2D eigenvalue weighted by atomic mass is 9.83. The number of pyridine rings is 1. The maximum Gasteiger partial charge on any atom is 0.252 e. The first-order chi connectivity index (χ1) is 8.59. The minimum absolute atomic E-state index is 0. The van der Waals surface area contributed by atoms with E-state index in [-0.39, 0.29) is 41.7 Å². The standard InChI is InChI=1S/C13H18FN3O.2ClH/c1-13(3-2-4-15-8-13)9-17-12(18)10-5-11(14)7-16-6-10;;/h5-7,15H,2-4,8-9H2,1H3,(H,17,18);2*1H. The fourth-order valence-electron chi connectivity index (χ4n) is 2.20. The molecule has 1 fully saturated rings. The zero-order chi connectivity index (χ0) is 13.0. The van der Waals surface area contributed by atoms with Crippen molar-refractivity contribution >= 4 is 30.7 Å². The third kappa shape index (κ3) is 5.23. The summed E-state index contributed by atoms with van der Waals surface area (Å²) in [5.74, 6) is -0.762. The van der Waals surface area contributed by atoms with E-state index in [2.05, 4.69) is 22.5 Å². The summed E-state index contributed by atoms with van der Waals surface area (Å²) in [4.78, 5) is 15.5. The molecule has 1 aliphatic heterocycles. The largest absolute Gasteiger partial charge is 0.351 e. The number of halogens is 3. The van der Waals surface area contributed by atoms with Crippen molar-refractivity contribution in [2.45, 2.75) is 19.8 Å². The summed E-state index contributed by atoms with van der Waals surface area (Å²) in [5, 5.41) is 6.18. The highest BCUT2D eigenvalue weighted by Crippen LogP contribution is 2.24. The van der Waals surface area contributed by atoms with Crippen molar-refractivity contribution in [3.8, 4) is 0 Å². The minimum atomic E-state index is -0.492. The Morgan fingerprint density at radius 1 is 1.50 bits per heavy atom. The number of nitrogens with one attached hydrogen (secondary N) is 2. The number of aromatic nitrogens is 1. The van der Waals surface area contributed by atoms with Gasteiger partial charge in [-0.1, -0.05) is 6.92 Å². The van der Waals surface area contributed by atoms with Crippen LogP contribution < -0.4 is 10.6 Å². The van der Waals surface area contributed by atoms with Gasteiger partial charge in [-0.25, -0.2) is 4.39 Å². The number of carbonyl (C=O) groups is 1. The SMILES string of the molecule is CC1(CNC(=O)c2cncc(F)c2)CCCNC1.Cl.Cl. The summed E-state index contributed by atoms with van der Waals surface area (Å²) in [5.41, 5.74) is 0.344. The fraction of sp³-hybridized carbons (Fsp3) is 0.538. The summed E-state index contributed by atoms with van der Waals surface area (Å²) in [6.45, 7) is 4.67. The third-order valence-electron chi connectivity index (χ3n) is 3.33. The zero-order valence-electron chi connectivity index (χ0n) is 11.3. The van der Waals surface area contributed by atoms with Gasteiger partial charge in [0.05, 0.1) is 11.8 Å². The van der Waals surface area contributed by atoms with Crippen LogP contribution in [0.3, 0.4) is 0 Å². The molecule has 0 saturated carbocycles. The van der Waals surface area contributed by atoms with Gasteiger partial charge in [0.2, 0.25) is 0 Å². The van der Waals surface area contributed by atoms with Crippen LogP contribution in [0.25, 0.3) is 0 Å². The van der Waals surface area contributed by atoms with Gasteiger partial charge in [-0.2, -0.15) is 0 Å². The number of piperidine rings is 1. The Hall–Kier alpha value is -0.910. The van der Waals surface area contributed by atoms with E-state index in [1.807, 2.05) is 0 Å². The first kappa shape index (κ1) is 19.1. The average molecular weight is 324 g/mol. The summed E-state index contributed by atoms with van der Waals surface area (Å²) in [6.07, 6.45) is 4.67. The molecule has 1 aliphatic rings. The van der Waals surface area contributed by atoms with Gasteiger partial charge >= 0.3 is 0 Å². The van der Waals surface area contributed by atoms with Gasteiger partial charge in [0.1, 0.15) is 5.82 Å². The molecule has 2 rings (SSSR count). The molecule has 2 heterocycles. The second-order valence-corrected chi connectivity index (χ2v) is 5.17. The summed E-state index contributed by atoms with van der Waals surface area (Å²) in [7, 11) is 0. The first-order valence-corrected chi connectivity index (χ1v) is 6.19. The van der Waals surface area contributed by atoms with Gasteiger partial charge in [0.15, 0.2) is 0 Å². The van der Waals surface area contributed by atoms with Crippen LogP contribution in [0.4, 0.5) is 4.39 Å². The van der Waals surface area contributed by atoms with Gasteiger partial charge in [0, 0.05) is 19.3 Å². The van der Waals surface area contributed by atoms with E-state index in [4.69, 9.17) is 0 Å². The van der Waals surface area contributed by atoms with E-state index < -0.39 is 5.82 Å². The number of hydrogen-bond acceptors (Lipinski definition) is 3. The van der Waals surface area contributed by atoms with Gasteiger partial charge in [-0.05, 0) is 30.9 Å². The van der Waals surface area contributed by atoms with Gasteiger partial charge in [-0.15, -0.1) is 24.8 Å². The average Bonchev–Trinajstić information content (AvgIpc) is 2.37. The van der Waals surface area contributed by atoms with Crippen LogP contribution in [0.15, 0.2) is 18.5 Å². The van der Waals surface area contributed by atoms with E-state index in [1.54, 1.807) is 0 Å². The van der Waals surface area contributed by atoms with Crippen LogP contribution in [0.2, 0.25) is 0 Å².